The summed E-state index contributed by atoms with van der Waals surface area (Å²) in [5.74, 6) is 1.06. The van der Waals surface area contributed by atoms with Gasteiger partial charge in [-0.1, -0.05) is 13.3 Å². The summed E-state index contributed by atoms with van der Waals surface area (Å²) < 4.78 is 0. The summed E-state index contributed by atoms with van der Waals surface area (Å²) in [7, 11) is 0. The van der Waals surface area contributed by atoms with Gasteiger partial charge in [0, 0.05) is 23.5 Å². The van der Waals surface area contributed by atoms with Gasteiger partial charge in [-0.05, 0) is 45.2 Å². The van der Waals surface area contributed by atoms with E-state index in [-0.39, 0.29) is 5.78 Å². The second kappa shape index (κ2) is 5.70. The number of nitrogens with one attached hydrogen (secondary N) is 1. The third-order valence-electron chi connectivity index (χ3n) is 3.88. The number of H-pyrrole nitrogens is 1. The van der Waals surface area contributed by atoms with Gasteiger partial charge in [0.2, 0.25) is 0 Å². The molecule has 1 atom stereocenters. The van der Waals surface area contributed by atoms with Crippen molar-refractivity contribution in [2.24, 2.45) is 5.92 Å². The van der Waals surface area contributed by atoms with Gasteiger partial charge < -0.3 is 4.98 Å². The lowest BCUT2D eigenvalue weighted by atomic mass is 10.0. The molecular formula is C15H24N2O. The Morgan fingerprint density at radius 2 is 2.28 bits per heavy atom. The second-order valence-corrected chi connectivity index (χ2v) is 5.59. The quantitative estimate of drug-likeness (QED) is 0.813. The van der Waals surface area contributed by atoms with Gasteiger partial charge in [-0.25, -0.2) is 0 Å². The van der Waals surface area contributed by atoms with E-state index in [1.807, 2.05) is 19.9 Å². The molecule has 2 rings (SSSR count). The van der Waals surface area contributed by atoms with Crippen molar-refractivity contribution in [1.82, 2.24) is 9.88 Å². The van der Waals surface area contributed by atoms with E-state index in [9.17, 15) is 4.79 Å². The van der Waals surface area contributed by atoms with Crippen LogP contribution in [0, 0.1) is 19.8 Å². The number of aryl methyl sites for hydroxylation is 2. The molecular weight excluding hydrogens is 224 g/mol. The zero-order valence-electron chi connectivity index (χ0n) is 11.8. The Balaban J connectivity index is 1.91. The average molecular weight is 248 g/mol. The molecule has 0 amide bonds. The molecule has 1 saturated heterocycles. The smallest absolute Gasteiger partial charge is 0.178 e. The predicted molar refractivity (Wildman–Crippen MR) is 74.1 cm³/mol. The van der Waals surface area contributed by atoms with E-state index >= 15 is 0 Å². The van der Waals surface area contributed by atoms with Crippen LogP contribution in [0.3, 0.4) is 0 Å². The monoisotopic (exact) mass is 248 g/mol. The summed E-state index contributed by atoms with van der Waals surface area (Å²) in [6.45, 7) is 8.97. The summed E-state index contributed by atoms with van der Waals surface area (Å²) >= 11 is 0. The Morgan fingerprint density at radius 3 is 2.89 bits per heavy atom. The molecule has 0 spiro atoms. The highest BCUT2D eigenvalue weighted by molar-refractivity contribution is 5.98. The maximum absolute atomic E-state index is 12.2. The van der Waals surface area contributed by atoms with Gasteiger partial charge in [-0.15, -0.1) is 0 Å². The van der Waals surface area contributed by atoms with Crippen LogP contribution in [0.2, 0.25) is 0 Å². The highest BCUT2D eigenvalue weighted by Crippen LogP contribution is 2.21. The summed E-state index contributed by atoms with van der Waals surface area (Å²) in [6, 6.07) is 1.97. The molecule has 3 heteroatoms. The number of carbonyl (C=O) groups is 1. The van der Waals surface area contributed by atoms with Crippen LogP contribution in [-0.2, 0) is 0 Å². The van der Waals surface area contributed by atoms with Gasteiger partial charge in [-0.2, -0.15) is 0 Å². The average Bonchev–Trinajstić information content (AvgIpc) is 2.86. The minimum absolute atomic E-state index is 0.258. The third kappa shape index (κ3) is 3.02. The van der Waals surface area contributed by atoms with Gasteiger partial charge in [0.1, 0.15) is 0 Å². The predicted octanol–water partition coefficient (Wildman–Crippen LogP) is 2.94. The Morgan fingerprint density at radius 1 is 1.50 bits per heavy atom. The minimum atomic E-state index is 0.258. The lowest BCUT2D eigenvalue weighted by molar-refractivity contribution is 0.0942. The van der Waals surface area contributed by atoms with Crippen LogP contribution in [0.15, 0.2) is 6.07 Å². The fourth-order valence-corrected chi connectivity index (χ4v) is 3.00. The number of Topliss-reactive ketones (excluding diaryl/α,β-unsaturated/α-hetero) is 1. The number of aromatic amines is 1. The van der Waals surface area contributed by atoms with Crippen molar-refractivity contribution < 1.29 is 4.79 Å². The first-order valence-electron chi connectivity index (χ1n) is 7.02. The molecule has 0 aromatic carbocycles. The number of ketones is 1. The van der Waals surface area contributed by atoms with Crippen molar-refractivity contribution in [3.63, 3.8) is 0 Å². The van der Waals surface area contributed by atoms with E-state index in [1.165, 1.54) is 19.3 Å². The first-order valence-corrected chi connectivity index (χ1v) is 7.02. The van der Waals surface area contributed by atoms with Crippen LogP contribution in [0.25, 0.3) is 0 Å². The second-order valence-electron chi connectivity index (χ2n) is 5.59. The topological polar surface area (TPSA) is 36.1 Å². The van der Waals surface area contributed by atoms with E-state index < -0.39 is 0 Å². The van der Waals surface area contributed by atoms with Gasteiger partial charge in [0.05, 0.1) is 6.54 Å². The Hall–Kier alpha value is -1.09. The van der Waals surface area contributed by atoms with E-state index in [4.69, 9.17) is 0 Å². The van der Waals surface area contributed by atoms with Crippen LogP contribution in [0.4, 0.5) is 0 Å². The highest BCUT2D eigenvalue weighted by atomic mass is 16.1. The summed E-state index contributed by atoms with van der Waals surface area (Å²) in [6.07, 6.45) is 3.81. The van der Waals surface area contributed by atoms with Crippen LogP contribution >= 0.6 is 0 Å². The lowest BCUT2D eigenvalue weighted by Crippen LogP contribution is -2.28. The Bertz CT molecular complexity index is 422. The molecule has 0 radical (unpaired) electrons. The van der Waals surface area contributed by atoms with E-state index in [0.717, 1.165) is 36.0 Å². The van der Waals surface area contributed by atoms with Crippen LogP contribution in [0.1, 0.15) is 47.9 Å². The minimum Gasteiger partial charge on any atom is -0.362 e. The lowest BCUT2D eigenvalue weighted by Gasteiger charge is -2.14. The fourth-order valence-electron chi connectivity index (χ4n) is 3.00. The molecule has 1 unspecified atom stereocenters. The molecule has 1 aromatic heterocycles. The maximum atomic E-state index is 12.2. The fraction of sp³-hybridized carbons (Fsp3) is 0.667. The Kier molecular flexibility index (Phi) is 4.23. The first kappa shape index (κ1) is 13.3. The summed E-state index contributed by atoms with van der Waals surface area (Å²) in [4.78, 5) is 17.8. The summed E-state index contributed by atoms with van der Waals surface area (Å²) in [5, 5.41) is 0. The van der Waals surface area contributed by atoms with Crippen molar-refractivity contribution in [1.29, 1.82) is 0 Å². The molecule has 0 aliphatic carbocycles. The molecule has 3 nitrogen and oxygen atoms in total. The molecule has 100 valence electrons. The number of nitrogens with zero attached hydrogens (tertiary/aromatic N) is 1. The largest absolute Gasteiger partial charge is 0.362 e. The maximum Gasteiger partial charge on any atom is 0.178 e. The molecule has 1 N–H and O–H groups in total. The number of likely N-dealkylation sites (tertiary alicyclic amines) is 1. The summed E-state index contributed by atoms with van der Waals surface area (Å²) in [5.41, 5.74) is 2.94. The number of carbonyl (C=O) groups excluding carboxylic acids is 1. The molecule has 1 aliphatic rings. The standard InChI is InChI=1S/C15H24N2O/c1-4-5-13-6-7-17(9-13)10-15(18)14-8-11(2)16-12(14)3/h8,13,16H,4-7,9-10H2,1-3H3. The first-order chi connectivity index (χ1) is 8.60. The molecule has 0 bridgehead atoms. The molecule has 1 fully saturated rings. The Labute approximate surface area is 110 Å². The number of rotatable bonds is 5. The van der Waals surface area contributed by atoms with E-state index in [1.54, 1.807) is 0 Å². The zero-order valence-corrected chi connectivity index (χ0v) is 11.8. The van der Waals surface area contributed by atoms with Crippen LogP contribution in [0.5, 0.6) is 0 Å². The van der Waals surface area contributed by atoms with Crippen molar-refractivity contribution in [2.75, 3.05) is 19.6 Å². The van der Waals surface area contributed by atoms with Crippen molar-refractivity contribution in [3.8, 4) is 0 Å². The van der Waals surface area contributed by atoms with Gasteiger partial charge >= 0.3 is 0 Å². The van der Waals surface area contributed by atoms with Crippen LogP contribution in [-0.4, -0.2) is 35.3 Å². The third-order valence-corrected chi connectivity index (χ3v) is 3.88. The van der Waals surface area contributed by atoms with Crippen LogP contribution < -0.4 is 0 Å². The van der Waals surface area contributed by atoms with Gasteiger partial charge in [0.15, 0.2) is 5.78 Å². The SMILES string of the molecule is CCCC1CCN(CC(=O)c2cc(C)[nH]c2C)C1. The molecule has 0 saturated carbocycles. The normalized spacial score (nSPS) is 20.5. The highest BCUT2D eigenvalue weighted by Gasteiger charge is 2.24. The molecule has 1 aliphatic heterocycles. The molecule has 18 heavy (non-hydrogen) atoms. The van der Waals surface area contributed by atoms with Crippen molar-refractivity contribution in [3.05, 3.63) is 23.0 Å². The number of hydrogen-bond donors (Lipinski definition) is 1. The van der Waals surface area contributed by atoms with Crippen molar-refractivity contribution in [2.45, 2.75) is 40.0 Å². The zero-order chi connectivity index (χ0) is 13.1. The molecule has 1 aromatic rings. The van der Waals surface area contributed by atoms with Crippen molar-refractivity contribution >= 4 is 5.78 Å². The molecule has 2 heterocycles. The number of hydrogen-bond acceptors (Lipinski definition) is 2. The number of aromatic nitrogens is 1. The van der Waals surface area contributed by atoms with E-state index in [2.05, 4.69) is 16.8 Å². The van der Waals surface area contributed by atoms with Gasteiger partial charge in [-0.3, -0.25) is 9.69 Å². The van der Waals surface area contributed by atoms with Gasteiger partial charge in [0.25, 0.3) is 0 Å². The van der Waals surface area contributed by atoms with E-state index in [0.29, 0.717) is 6.54 Å².